The summed E-state index contributed by atoms with van der Waals surface area (Å²) in [5, 5.41) is 16.4. The van der Waals surface area contributed by atoms with Gasteiger partial charge in [-0.25, -0.2) is 9.48 Å². The lowest BCUT2D eigenvalue weighted by Gasteiger charge is -2.05. The van der Waals surface area contributed by atoms with E-state index in [4.69, 9.17) is 5.11 Å². The summed E-state index contributed by atoms with van der Waals surface area (Å²) >= 11 is 0. The van der Waals surface area contributed by atoms with E-state index >= 15 is 0 Å². The van der Waals surface area contributed by atoms with Gasteiger partial charge in [0.05, 0.1) is 16.8 Å². The van der Waals surface area contributed by atoms with Crippen LogP contribution >= 0.6 is 0 Å². The molecule has 142 valence electrons. The van der Waals surface area contributed by atoms with Crippen LogP contribution in [0, 0.1) is 0 Å². The minimum absolute atomic E-state index is 0.149. The van der Waals surface area contributed by atoms with Crippen LogP contribution in [0.5, 0.6) is 0 Å². The Labute approximate surface area is 166 Å². The normalized spacial score (nSPS) is 10.5. The van der Waals surface area contributed by atoms with E-state index in [1.165, 1.54) is 12.1 Å². The van der Waals surface area contributed by atoms with Gasteiger partial charge in [0.1, 0.15) is 5.69 Å². The van der Waals surface area contributed by atoms with E-state index in [1.807, 2.05) is 36.4 Å². The van der Waals surface area contributed by atoms with Crippen molar-refractivity contribution in [3.05, 3.63) is 96.4 Å². The van der Waals surface area contributed by atoms with Crippen LogP contribution in [0.15, 0.2) is 85.3 Å². The van der Waals surface area contributed by atoms with Gasteiger partial charge in [-0.3, -0.25) is 9.78 Å². The first-order valence-electron chi connectivity index (χ1n) is 8.82. The van der Waals surface area contributed by atoms with Crippen molar-refractivity contribution in [1.82, 2.24) is 14.8 Å². The molecular weight excluding hydrogens is 368 g/mol. The molecule has 0 aliphatic rings. The SMILES string of the molecule is O=C(O)c1ccc(NC(=O)c2cn(-c3ccccc3)nc2-c2cccnc2)cc1. The van der Waals surface area contributed by atoms with E-state index in [0.29, 0.717) is 22.5 Å². The molecule has 0 aliphatic heterocycles. The topological polar surface area (TPSA) is 97.1 Å². The summed E-state index contributed by atoms with van der Waals surface area (Å²) in [5.41, 5.74) is 3.06. The molecule has 2 aromatic carbocycles. The van der Waals surface area contributed by atoms with Crippen molar-refractivity contribution in [2.45, 2.75) is 0 Å². The quantitative estimate of drug-likeness (QED) is 0.544. The maximum atomic E-state index is 13.0. The van der Waals surface area contributed by atoms with Gasteiger partial charge in [-0.2, -0.15) is 5.10 Å². The Balaban J connectivity index is 1.70. The molecular formula is C22H16N4O3. The van der Waals surface area contributed by atoms with Crippen LogP contribution in [-0.2, 0) is 0 Å². The molecule has 2 N–H and O–H groups in total. The van der Waals surface area contributed by atoms with Crippen LogP contribution in [-0.4, -0.2) is 31.7 Å². The predicted molar refractivity (Wildman–Crippen MR) is 108 cm³/mol. The Hall–Kier alpha value is -4.26. The first-order valence-corrected chi connectivity index (χ1v) is 8.82. The summed E-state index contributed by atoms with van der Waals surface area (Å²) in [6, 6.07) is 19.1. The van der Waals surface area contributed by atoms with Gasteiger partial charge in [-0.15, -0.1) is 0 Å². The van der Waals surface area contributed by atoms with Crippen LogP contribution in [0.3, 0.4) is 0 Å². The molecule has 2 aromatic heterocycles. The van der Waals surface area contributed by atoms with E-state index in [9.17, 15) is 9.59 Å². The Bertz CT molecular complexity index is 1150. The number of benzene rings is 2. The van der Waals surface area contributed by atoms with Crippen molar-refractivity contribution in [1.29, 1.82) is 0 Å². The molecule has 4 rings (SSSR count). The van der Waals surface area contributed by atoms with Crippen LogP contribution in [0.2, 0.25) is 0 Å². The number of para-hydroxylation sites is 1. The number of hydrogen-bond acceptors (Lipinski definition) is 4. The van der Waals surface area contributed by atoms with E-state index in [2.05, 4.69) is 15.4 Å². The molecule has 7 heteroatoms. The average molecular weight is 384 g/mol. The summed E-state index contributed by atoms with van der Waals surface area (Å²) in [6.07, 6.45) is 4.97. The standard InChI is InChI=1S/C22H16N4O3/c27-21(24-17-10-8-15(9-11-17)22(28)29)19-14-26(18-6-2-1-3-7-18)25-20(19)16-5-4-12-23-13-16/h1-14H,(H,24,27)(H,28,29). The first kappa shape index (κ1) is 18.1. The second kappa shape index (κ2) is 7.77. The van der Waals surface area contributed by atoms with Crippen LogP contribution < -0.4 is 5.32 Å². The Morgan fingerprint density at radius 3 is 2.34 bits per heavy atom. The van der Waals surface area contributed by atoms with Gasteiger partial charge in [0.2, 0.25) is 0 Å². The van der Waals surface area contributed by atoms with Gasteiger partial charge >= 0.3 is 5.97 Å². The Kier molecular flexibility index (Phi) is 4.86. The smallest absolute Gasteiger partial charge is 0.335 e. The number of carbonyl (C=O) groups is 2. The second-order valence-corrected chi connectivity index (χ2v) is 6.25. The van der Waals surface area contributed by atoms with Crippen molar-refractivity contribution in [2.24, 2.45) is 0 Å². The highest BCUT2D eigenvalue weighted by molar-refractivity contribution is 6.08. The van der Waals surface area contributed by atoms with E-state index < -0.39 is 5.97 Å². The fourth-order valence-electron chi connectivity index (χ4n) is 2.86. The number of nitrogens with one attached hydrogen (secondary N) is 1. The van der Waals surface area contributed by atoms with Crippen molar-refractivity contribution in [3.63, 3.8) is 0 Å². The monoisotopic (exact) mass is 384 g/mol. The maximum Gasteiger partial charge on any atom is 0.335 e. The molecule has 0 aliphatic carbocycles. The molecule has 1 amide bonds. The molecule has 0 radical (unpaired) electrons. The van der Waals surface area contributed by atoms with E-state index in [-0.39, 0.29) is 11.5 Å². The van der Waals surface area contributed by atoms with Gasteiger partial charge in [0.25, 0.3) is 5.91 Å². The number of nitrogens with zero attached hydrogens (tertiary/aromatic N) is 3. The van der Waals surface area contributed by atoms with Gasteiger partial charge < -0.3 is 10.4 Å². The highest BCUT2D eigenvalue weighted by atomic mass is 16.4. The van der Waals surface area contributed by atoms with Crippen LogP contribution in [0.25, 0.3) is 16.9 Å². The molecule has 0 bridgehead atoms. The lowest BCUT2D eigenvalue weighted by atomic mass is 10.1. The number of carboxylic acids is 1. The van der Waals surface area contributed by atoms with Crippen molar-refractivity contribution >= 4 is 17.6 Å². The molecule has 4 aromatic rings. The van der Waals surface area contributed by atoms with Crippen molar-refractivity contribution in [3.8, 4) is 16.9 Å². The first-order chi connectivity index (χ1) is 14.1. The number of anilines is 1. The van der Waals surface area contributed by atoms with Gasteiger partial charge in [-0.05, 0) is 48.5 Å². The largest absolute Gasteiger partial charge is 0.478 e. The molecule has 0 saturated heterocycles. The fraction of sp³-hybridized carbons (Fsp3) is 0. The Morgan fingerprint density at radius 2 is 1.69 bits per heavy atom. The molecule has 0 spiro atoms. The van der Waals surface area contributed by atoms with E-state index in [1.54, 1.807) is 41.5 Å². The molecule has 0 atom stereocenters. The van der Waals surface area contributed by atoms with Crippen LogP contribution in [0.1, 0.15) is 20.7 Å². The van der Waals surface area contributed by atoms with Crippen LogP contribution in [0.4, 0.5) is 5.69 Å². The van der Waals surface area contributed by atoms with Gasteiger partial charge in [0, 0.05) is 29.8 Å². The third kappa shape index (κ3) is 3.89. The fourth-order valence-corrected chi connectivity index (χ4v) is 2.86. The number of pyridine rings is 1. The third-order valence-electron chi connectivity index (χ3n) is 4.30. The zero-order valence-electron chi connectivity index (χ0n) is 15.2. The molecule has 2 heterocycles. The summed E-state index contributed by atoms with van der Waals surface area (Å²) in [5.74, 6) is -1.38. The molecule has 0 fully saturated rings. The van der Waals surface area contributed by atoms with Gasteiger partial charge in [-0.1, -0.05) is 18.2 Å². The lowest BCUT2D eigenvalue weighted by Crippen LogP contribution is -2.12. The third-order valence-corrected chi connectivity index (χ3v) is 4.30. The number of carboxylic acid groups (broad SMARTS) is 1. The zero-order chi connectivity index (χ0) is 20.2. The molecule has 29 heavy (non-hydrogen) atoms. The average Bonchev–Trinajstić information content (AvgIpc) is 3.21. The minimum atomic E-state index is -1.02. The number of hydrogen-bond donors (Lipinski definition) is 2. The van der Waals surface area contributed by atoms with Crippen molar-refractivity contribution in [2.75, 3.05) is 5.32 Å². The highest BCUT2D eigenvalue weighted by Crippen LogP contribution is 2.24. The second-order valence-electron chi connectivity index (χ2n) is 6.25. The number of aromatic nitrogens is 3. The zero-order valence-corrected chi connectivity index (χ0v) is 15.2. The minimum Gasteiger partial charge on any atom is -0.478 e. The molecule has 7 nitrogen and oxygen atoms in total. The number of carbonyl (C=O) groups excluding carboxylic acids is 1. The maximum absolute atomic E-state index is 13.0. The summed E-state index contributed by atoms with van der Waals surface area (Å²) in [7, 11) is 0. The lowest BCUT2D eigenvalue weighted by molar-refractivity contribution is 0.0696. The number of amides is 1. The molecule has 0 saturated carbocycles. The van der Waals surface area contributed by atoms with Gasteiger partial charge in [0.15, 0.2) is 0 Å². The number of rotatable bonds is 5. The predicted octanol–water partition coefficient (Wildman–Crippen LogP) is 3.88. The summed E-state index contributed by atoms with van der Waals surface area (Å²) in [6.45, 7) is 0. The number of aromatic carboxylic acids is 1. The summed E-state index contributed by atoms with van der Waals surface area (Å²) < 4.78 is 1.64. The Morgan fingerprint density at radius 1 is 0.931 bits per heavy atom. The van der Waals surface area contributed by atoms with E-state index in [0.717, 1.165) is 5.69 Å². The van der Waals surface area contributed by atoms with Crippen molar-refractivity contribution < 1.29 is 14.7 Å². The highest BCUT2D eigenvalue weighted by Gasteiger charge is 2.19. The summed E-state index contributed by atoms with van der Waals surface area (Å²) in [4.78, 5) is 28.1. The molecule has 0 unspecified atom stereocenters.